The average Bonchev–Trinajstić information content (AvgIpc) is 3.10. The molecule has 1 aliphatic heterocycles. The van der Waals surface area contributed by atoms with Gasteiger partial charge in [0.25, 0.3) is 0 Å². The number of hydrogen-bond acceptors (Lipinski definition) is 3. The lowest BCUT2D eigenvalue weighted by atomic mass is 9.48. The van der Waals surface area contributed by atoms with Gasteiger partial charge in [-0.25, -0.2) is 0 Å². The lowest BCUT2D eigenvalue weighted by Crippen LogP contribution is -2.54. The van der Waals surface area contributed by atoms with Gasteiger partial charge in [0.05, 0.1) is 15.9 Å². The minimum absolute atomic E-state index is 0.109. The van der Waals surface area contributed by atoms with E-state index in [1.807, 2.05) is 24.9 Å². The second kappa shape index (κ2) is 8.46. The molecule has 0 radical (unpaired) electrons. The van der Waals surface area contributed by atoms with Gasteiger partial charge in [0.15, 0.2) is 0 Å². The molecule has 5 rings (SSSR count). The van der Waals surface area contributed by atoms with E-state index < -0.39 is 0 Å². The Kier molecular flexibility index (Phi) is 5.98. The summed E-state index contributed by atoms with van der Waals surface area (Å²) in [6.07, 6.45) is 9.85. The van der Waals surface area contributed by atoms with E-state index in [9.17, 15) is 9.59 Å². The first kappa shape index (κ1) is 24.0. The van der Waals surface area contributed by atoms with Crippen LogP contribution in [0.25, 0.3) is 0 Å². The maximum Gasteiger partial charge on any atom is 0.226 e. The summed E-state index contributed by atoms with van der Waals surface area (Å²) >= 11 is 3.57. The number of aryl methyl sites for hydroxylation is 1. The molecule has 2 heterocycles. The Labute approximate surface area is 212 Å². The molecule has 1 saturated heterocycles. The fourth-order valence-corrected chi connectivity index (χ4v) is 8.96. The van der Waals surface area contributed by atoms with Crippen LogP contribution >= 0.6 is 15.9 Å². The standard InChI is InChI=1S/C28H38BrN3O2/c1-16-14-19-20-7-6-18(15-23(33)31-22-10-13-30-17(2)25(22)29)27(20,3)11-8-21(19)28(4)12-9-24(34)32(5)26(16)28/h10,13,18-21H,6-9,11-12,14-15H2,1-5H3,(H,30,31,33)/t18-,19+,20+,21+,27-,28-/m1/s1. The quantitative estimate of drug-likeness (QED) is 0.489. The molecule has 0 bridgehead atoms. The number of rotatable bonds is 3. The molecule has 1 aromatic heterocycles. The van der Waals surface area contributed by atoms with Crippen molar-refractivity contribution in [3.63, 3.8) is 0 Å². The van der Waals surface area contributed by atoms with Crippen LogP contribution in [0.5, 0.6) is 0 Å². The van der Waals surface area contributed by atoms with Gasteiger partial charge in [-0.1, -0.05) is 19.4 Å². The van der Waals surface area contributed by atoms with Crippen molar-refractivity contribution in [1.82, 2.24) is 9.88 Å². The molecule has 3 aliphatic carbocycles. The fraction of sp³-hybridized carbons (Fsp3) is 0.679. The number of allylic oxidation sites excluding steroid dienone is 2. The SMILES string of the molecule is CC1=C2N(C)C(=O)CC[C@]2(C)[C@H]2CC[C@]3(C)[C@@H](CC(=O)Nc4ccnc(C)c4Br)CC[C@H]3[C@@H]2C1. The number of aromatic nitrogens is 1. The number of carbonyl (C=O) groups excluding carboxylic acids is 2. The van der Waals surface area contributed by atoms with E-state index in [0.717, 1.165) is 35.1 Å². The van der Waals surface area contributed by atoms with Gasteiger partial charge < -0.3 is 10.2 Å². The monoisotopic (exact) mass is 527 g/mol. The minimum atomic E-state index is 0.109. The molecule has 184 valence electrons. The highest BCUT2D eigenvalue weighted by atomic mass is 79.9. The molecule has 0 aromatic carbocycles. The van der Waals surface area contributed by atoms with Crippen molar-refractivity contribution >= 4 is 33.4 Å². The van der Waals surface area contributed by atoms with Crippen molar-refractivity contribution in [1.29, 1.82) is 0 Å². The Balaban J connectivity index is 1.35. The van der Waals surface area contributed by atoms with Crippen LogP contribution in [-0.4, -0.2) is 28.7 Å². The van der Waals surface area contributed by atoms with Crippen LogP contribution in [0.2, 0.25) is 0 Å². The third kappa shape index (κ3) is 3.58. The van der Waals surface area contributed by atoms with Crippen molar-refractivity contribution < 1.29 is 9.59 Å². The van der Waals surface area contributed by atoms with E-state index in [-0.39, 0.29) is 22.6 Å². The van der Waals surface area contributed by atoms with Gasteiger partial charge in [0.1, 0.15) is 0 Å². The number of likely N-dealkylation sites (tertiary alicyclic amines) is 1. The highest BCUT2D eigenvalue weighted by Crippen LogP contribution is 2.67. The molecule has 6 heteroatoms. The molecule has 2 saturated carbocycles. The van der Waals surface area contributed by atoms with Gasteiger partial charge in [0.2, 0.25) is 11.8 Å². The number of anilines is 1. The third-order valence-electron chi connectivity index (χ3n) is 10.3. The lowest BCUT2D eigenvalue weighted by Gasteiger charge is -2.59. The molecule has 0 spiro atoms. The first-order valence-corrected chi connectivity index (χ1v) is 13.7. The Morgan fingerprint density at radius 2 is 1.97 bits per heavy atom. The minimum Gasteiger partial charge on any atom is -0.325 e. The van der Waals surface area contributed by atoms with E-state index in [2.05, 4.69) is 47.0 Å². The van der Waals surface area contributed by atoms with Crippen LogP contribution in [0.3, 0.4) is 0 Å². The van der Waals surface area contributed by atoms with Crippen molar-refractivity contribution in [2.75, 3.05) is 12.4 Å². The first-order chi connectivity index (χ1) is 16.1. The lowest BCUT2D eigenvalue weighted by molar-refractivity contribution is -0.136. The van der Waals surface area contributed by atoms with Crippen LogP contribution < -0.4 is 5.32 Å². The average molecular weight is 529 g/mol. The third-order valence-corrected chi connectivity index (χ3v) is 11.3. The van der Waals surface area contributed by atoms with E-state index >= 15 is 0 Å². The maximum absolute atomic E-state index is 13.1. The highest BCUT2D eigenvalue weighted by Gasteiger charge is 2.60. The topological polar surface area (TPSA) is 62.3 Å². The predicted octanol–water partition coefficient (Wildman–Crippen LogP) is 6.48. The van der Waals surface area contributed by atoms with Gasteiger partial charge in [-0.15, -0.1) is 0 Å². The summed E-state index contributed by atoms with van der Waals surface area (Å²) in [5.41, 5.74) is 4.76. The normalized spacial score (nSPS) is 37.2. The molecule has 0 unspecified atom stereocenters. The summed E-state index contributed by atoms with van der Waals surface area (Å²) in [7, 11) is 1.98. The molecule has 34 heavy (non-hydrogen) atoms. The van der Waals surface area contributed by atoms with E-state index in [1.54, 1.807) is 6.20 Å². The van der Waals surface area contributed by atoms with Crippen LogP contribution in [0.4, 0.5) is 5.69 Å². The van der Waals surface area contributed by atoms with Crippen molar-refractivity contribution in [2.24, 2.45) is 34.5 Å². The molecule has 6 atom stereocenters. The van der Waals surface area contributed by atoms with Crippen molar-refractivity contribution in [2.45, 2.75) is 79.1 Å². The number of halogens is 1. The number of nitrogens with one attached hydrogen (secondary N) is 1. The number of piperidine rings is 1. The van der Waals surface area contributed by atoms with Crippen LogP contribution in [-0.2, 0) is 9.59 Å². The smallest absolute Gasteiger partial charge is 0.226 e. The summed E-state index contributed by atoms with van der Waals surface area (Å²) < 4.78 is 0.865. The number of carbonyl (C=O) groups is 2. The Hall–Kier alpha value is -1.69. The zero-order valence-electron chi connectivity index (χ0n) is 21.2. The largest absolute Gasteiger partial charge is 0.325 e. The summed E-state index contributed by atoms with van der Waals surface area (Å²) in [4.78, 5) is 31.8. The summed E-state index contributed by atoms with van der Waals surface area (Å²) in [5.74, 6) is 2.78. The van der Waals surface area contributed by atoms with Crippen LogP contribution in [0, 0.1) is 41.4 Å². The van der Waals surface area contributed by atoms with Crippen molar-refractivity contribution in [3.05, 3.63) is 33.7 Å². The van der Waals surface area contributed by atoms with E-state index in [1.165, 1.54) is 30.5 Å². The molecule has 5 nitrogen and oxygen atoms in total. The Morgan fingerprint density at radius 1 is 1.21 bits per heavy atom. The first-order valence-electron chi connectivity index (χ1n) is 12.9. The molecule has 3 fully saturated rings. The molecular formula is C28H38BrN3O2. The van der Waals surface area contributed by atoms with Gasteiger partial charge in [-0.3, -0.25) is 14.6 Å². The second-order valence-corrected chi connectivity index (χ2v) is 12.7. The van der Waals surface area contributed by atoms with E-state index in [0.29, 0.717) is 36.5 Å². The summed E-state index contributed by atoms with van der Waals surface area (Å²) in [6.45, 7) is 9.11. The molecule has 2 amide bonds. The zero-order valence-corrected chi connectivity index (χ0v) is 22.8. The van der Waals surface area contributed by atoms with Gasteiger partial charge in [-0.05, 0) is 103 Å². The Bertz CT molecular complexity index is 1070. The van der Waals surface area contributed by atoms with Crippen LogP contribution in [0.1, 0.15) is 77.8 Å². The summed E-state index contributed by atoms with van der Waals surface area (Å²) in [5, 5.41) is 3.14. The Morgan fingerprint density at radius 3 is 2.74 bits per heavy atom. The predicted molar refractivity (Wildman–Crippen MR) is 138 cm³/mol. The van der Waals surface area contributed by atoms with Crippen LogP contribution in [0.15, 0.2) is 28.0 Å². The van der Waals surface area contributed by atoms with Gasteiger partial charge in [-0.2, -0.15) is 0 Å². The summed E-state index contributed by atoms with van der Waals surface area (Å²) in [6, 6.07) is 1.86. The number of nitrogens with zero attached hydrogens (tertiary/aromatic N) is 2. The molecule has 4 aliphatic rings. The number of hydrogen-bond donors (Lipinski definition) is 1. The van der Waals surface area contributed by atoms with Crippen molar-refractivity contribution in [3.8, 4) is 0 Å². The maximum atomic E-state index is 13.1. The second-order valence-electron chi connectivity index (χ2n) is 11.9. The molecule has 1 N–H and O–H groups in total. The number of amides is 2. The highest BCUT2D eigenvalue weighted by molar-refractivity contribution is 9.10. The molecule has 1 aromatic rings. The van der Waals surface area contributed by atoms with E-state index in [4.69, 9.17) is 0 Å². The van der Waals surface area contributed by atoms with Gasteiger partial charge >= 0.3 is 0 Å². The molecular weight excluding hydrogens is 490 g/mol. The zero-order chi connectivity index (χ0) is 24.4. The van der Waals surface area contributed by atoms with Gasteiger partial charge in [0, 0.05) is 37.2 Å². The number of pyridine rings is 1. The fourth-order valence-electron chi connectivity index (χ4n) is 8.62. The number of fused-ring (bicyclic) bond motifs is 5.